The summed E-state index contributed by atoms with van der Waals surface area (Å²) in [4.78, 5) is 30.5. The highest BCUT2D eigenvalue weighted by Gasteiger charge is 2.34. The molecule has 160 valence electrons. The number of aryl methyl sites for hydroxylation is 1. The monoisotopic (exact) mass is 429 g/mol. The lowest BCUT2D eigenvalue weighted by Gasteiger charge is -2.32. The summed E-state index contributed by atoms with van der Waals surface area (Å²) in [5.74, 6) is 0.533. The fraction of sp³-hybridized carbons (Fsp3) is 0.478. The molecule has 1 atom stereocenters. The van der Waals surface area contributed by atoms with Gasteiger partial charge in [-0.3, -0.25) is 9.59 Å². The van der Waals surface area contributed by atoms with Gasteiger partial charge in [-0.2, -0.15) is 0 Å². The minimum Gasteiger partial charge on any atom is -0.338 e. The van der Waals surface area contributed by atoms with E-state index in [-0.39, 0.29) is 17.4 Å². The number of rotatable bonds is 4. The SMILES string of the molecule is Cc1cc(NC(=O)c2cccc(F)c2)sc1C(=O)N1CCC(C2CCN(C)CC2)C1. The summed E-state index contributed by atoms with van der Waals surface area (Å²) in [5.41, 5.74) is 1.12. The van der Waals surface area contributed by atoms with Crippen molar-refractivity contribution in [1.82, 2.24) is 9.80 Å². The number of carbonyl (C=O) groups is 2. The number of benzene rings is 1. The number of carbonyl (C=O) groups excluding carboxylic acids is 2. The highest BCUT2D eigenvalue weighted by atomic mass is 32.1. The van der Waals surface area contributed by atoms with Crippen LogP contribution in [0.1, 0.15) is 44.9 Å². The number of anilines is 1. The zero-order chi connectivity index (χ0) is 21.3. The van der Waals surface area contributed by atoms with E-state index in [2.05, 4.69) is 17.3 Å². The molecule has 7 heteroatoms. The van der Waals surface area contributed by atoms with Crippen molar-refractivity contribution in [3.05, 3.63) is 52.2 Å². The van der Waals surface area contributed by atoms with Gasteiger partial charge in [-0.1, -0.05) is 6.07 Å². The minimum atomic E-state index is -0.450. The van der Waals surface area contributed by atoms with Gasteiger partial charge in [-0.05, 0) is 88.0 Å². The van der Waals surface area contributed by atoms with E-state index in [0.29, 0.717) is 21.7 Å². The fourth-order valence-electron chi connectivity index (χ4n) is 4.57. The molecule has 5 nitrogen and oxygen atoms in total. The Balaban J connectivity index is 1.39. The Morgan fingerprint density at radius 3 is 2.57 bits per heavy atom. The van der Waals surface area contributed by atoms with E-state index in [9.17, 15) is 14.0 Å². The Bertz CT molecular complexity index is 936. The van der Waals surface area contributed by atoms with Gasteiger partial charge in [0.1, 0.15) is 5.82 Å². The van der Waals surface area contributed by atoms with Crippen molar-refractivity contribution in [3.8, 4) is 0 Å². The van der Waals surface area contributed by atoms with E-state index < -0.39 is 5.82 Å². The quantitative estimate of drug-likeness (QED) is 0.791. The van der Waals surface area contributed by atoms with Crippen LogP contribution in [0.5, 0.6) is 0 Å². The first-order valence-electron chi connectivity index (χ1n) is 10.6. The highest BCUT2D eigenvalue weighted by Crippen LogP contribution is 2.34. The zero-order valence-electron chi connectivity index (χ0n) is 17.5. The van der Waals surface area contributed by atoms with Crippen LogP contribution in [0, 0.1) is 24.6 Å². The van der Waals surface area contributed by atoms with Crippen molar-refractivity contribution < 1.29 is 14.0 Å². The maximum atomic E-state index is 13.4. The molecule has 0 saturated carbocycles. The average molecular weight is 430 g/mol. The van der Waals surface area contributed by atoms with Gasteiger partial charge in [0.2, 0.25) is 0 Å². The second-order valence-corrected chi connectivity index (χ2v) is 9.58. The Labute approximate surface area is 180 Å². The second kappa shape index (κ2) is 8.86. The molecule has 2 aromatic rings. The van der Waals surface area contributed by atoms with Crippen molar-refractivity contribution >= 4 is 28.2 Å². The predicted octanol–water partition coefficient (Wildman–Crippen LogP) is 4.25. The molecule has 0 bridgehead atoms. The molecule has 1 aromatic heterocycles. The van der Waals surface area contributed by atoms with Crippen molar-refractivity contribution in [2.75, 3.05) is 38.5 Å². The van der Waals surface area contributed by atoms with Gasteiger partial charge >= 0.3 is 0 Å². The average Bonchev–Trinajstić information content (AvgIpc) is 3.35. The van der Waals surface area contributed by atoms with Crippen LogP contribution in [-0.2, 0) is 0 Å². The molecule has 4 rings (SSSR count). The number of halogens is 1. The summed E-state index contributed by atoms with van der Waals surface area (Å²) >= 11 is 1.30. The number of hydrogen-bond acceptors (Lipinski definition) is 4. The van der Waals surface area contributed by atoms with Gasteiger partial charge < -0.3 is 15.1 Å². The first-order chi connectivity index (χ1) is 14.4. The molecule has 2 aliphatic heterocycles. The van der Waals surface area contributed by atoms with Gasteiger partial charge in [0, 0.05) is 18.7 Å². The van der Waals surface area contributed by atoms with Crippen LogP contribution in [-0.4, -0.2) is 54.8 Å². The van der Waals surface area contributed by atoms with Crippen LogP contribution >= 0.6 is 11.3 Å². The third-order valence-electron chi connectivity index (χ3n) is 6.38. The van der Waals surface area contributed by atoms with E-state index >= 15 is 0 Å². The maximum Gasteiger partial charge on any atom is 0.264 e. The summed E-state index contributed by atoms with van der Waals surface area (Å²) in [5, 5.41) is 3.40. The number of thiophene rings is 1. The Kier molecular flexibility index (Phi) is 6.20. The van der Waals surface area contributed by atoms with Gasteiger partial charge in [0.15, 0.2) is 0 Å². The van der Waals surface area contributed by atoms with Gasteiger partial charge in [0.25, 0.3) is 11.8 Å². The van der Waals surface area contributed by atoms with Crippen molar-refractivity contribution in [2.45, 2.75) is 26.2 Å². The van der Waals surface area contributed by atoms with E-state index in [4.69, 9.17) is 0 Å². The maximum absolute atomic E-state index is 13.4. The van der Waals surface area contributed by atoms with Crippen LogP contribution in [0.25, 0.3) is 0 Å². The zero-order valence-corrected chi connectivity index (χ0v) is 18.3. The lowest BCUT2D eigenvalue weighted by molar-refractivity contribution is 0.0780. The van der Waals surface area contributed by atoms with E-state index in [0.717, 1.165) is 38.2 Å². The minimum absolute atomic E-state index is 0.0548. The molecule has 1 N–H and O–H groups in total. The molecule has 0 spiro atoms. The van der Waals surface area contributed by atoms with Crippen molar-refractivity contribution in [2.24, 2.45) is 11.8 Å². The van der Waals surface area contributed by atoms with Crippen LogP contribution in [0.15, 0.2) is 30.3 Å². The fourth-order valence-corrected chi connectivity index (χ4v) is 5.61. The largest absolute Gasteiger partial charge is 0.338 e. The molecule has 1 unspecified atom stereocenters. The summed E-state index contributed by atoms with van der Waals surface area (Å²) in [7, 11) is 2.17. The van der Waals surface area contributed by atoms with Crippen LogP contribution in [0.2, 0.25) is 0 Å². The van der Waals surface area contributed by atoms with E-state index in [1.165, 1.54) is 42.4 Å². The third kappa shape index (κ3) is 4.57. The highest BCUT2D eigenvalue weighted by molar-refractivity contribution is 7.18. The number of amides is 2. The van der Waals surface area contributed by atoms with Crippen LogP contribution in [0.4, 0.5) is 9.39 Å². The summed E-state index contributed by atoms with van der Waals surface area (Å²) in [6.07, 6.45) is 3.52. The molecule has 0 aliphatic carbocycles. The molecule has 3 heterocycles. The van der Waals surface area contributed by atoms with Crippen LogP contribution in [0.3, 0.4) is 0 Å². The molecule has 2 saturated heterocycles. The van der Waals surface area contributed by atoms with Gasteiger partial charge in [0.05, 0.1) is 9.88 Å². The standard InChI is InChI=1S/C23H28FN3O2S/c1-15-12-20(25-22(28)17-4-3-5-19(24)13-17)30-21(15)23(29)27-11-8-18(14-27)16-6-9-26(2)10-7-16/h3-5,12-13,16,18H,6-11,14H2,1-2H3,(H,25,28). The topological polar surface area (TPSA) is 52.7 Å². The van der Waals surface area contributed by atoms with Crippen LogP contribution < -0.4 is 5.32 Å². The Hall–Kier alpha value is -2.25. The summed E-state index contributed by atoms with van der Waals surface area (Å²) < 4.78 is 13.4. The Morgan fingerprint density at radius 2 is 1.83 bits per heavy atom. The molecular formula is C23H28FN3O2S. The van der Waals surface area contributed by atoms with Gasteiger partial charge in [-0.25, -0.2) is 4.39 Å². The summed E-state index contributed by atoms with van der Waals surface area (Å²) in [6, 6.07) is 7.40. The molecule has 2 amide bonds. The number of likely N-dealkylation sites (tertiary alicyclic amines) is 2. The van der Waals surface area contributed by atoms with Crippen molar-refractivity contribution in [3.63, 3.8) is 0 Å². The van der Waals surface area contributed by atoms with Crippen molar-refractivity contribution in [1.29, 1.82) is 0 Å². The second-order valence-electron chi connectivity index (χ2n) is 8.53. The first kappa shape index (κ1) is 21.0. The molecule has 2 aliphatic rings. The first-order valence-corrected chi connectivity index (χ1v) is 11.4. The number of piperidine rings is 1. The summed E-state index contributed by atoms with van der Waals surface area (Å²) in [6.45, 7) is 5.82. The lowest BCUT2D eigenvalue weighted by atomic mass is 9.84. The Morgan fingerprint density at radius 1 is 1.10 bits per heavy atom. The third-order valence-corrected chi connectivity index (χ3v) is 7.52. The van der Waals surface area contributed by atoms with E-state index in [1.807, 2.05) is 17.9 Å². The normalized spacial score (nSPS) is 20.5. The number of nitrogens with zero attached hydrogens (tertiary/aromatic N) is 2. The van der Waals surface area contributed by atoms with E-state index in [1.54, 1.807) is 6.07 Å². The smallest absolute Gasteiger partial charge is 0.264 e. The molecule has 30 heavy (non-hydrogen) atoms. The number of nitrogens with one attached hydrogen (secondary N) is 1. The molecular weight excluding hydrogens is 401 g/mol. The molecule has 2 fully saturated rings. The predicted molar refractivity (Wildman–Crippen MR) is 118 cm³/mol. The molecule has 1 aromatic carbocycles. The lowest BCUT2D eigenvalue weighted by Crippen LogP contribution is -2.35. The van der Waals surface area contributed by atoms with Gasteiger partial charge in [-0.15, -0.1) is 11.3 Å². The number of hydrogen-bond donors (Lipinski definition) is 1. The molecule has 0 radical (unpaired) electrons.